The molecule has 0 radical (unpaired) electrons. The average molecular weight is 260 g/mol. The van der Waals surface area contributed by atoms with Gasteiger partial charge in [0.05, 0.1) is 0 Å². The molecule has 2 aliphatic rings. The minimum atomic E-state index is 0.540. The second-order valence-corrected chi connectivity index (χ2v) is 5.68. The number of nitrogens with one attached hydrogen (secondary N) is 1. The lowest BCUT2D eigenvalue weighted by atomic mass is 9.96. The summed E-state index contributed by atoms with van der Waals surface area (Å²) in [5.74, 6) is 0.818. The zero-order valence-electron chi connectivity index (χ0n) is 11.6. The first-order valence-corrected chi connectivity index (χ1v) is 7.51. The van der Waals surface area contributed by atoms with Gasteiger partial charge in [0.15, 0.2) is 0 Å². The van der Waals surface area contributed by atoms with Gasteiger partial charge >= 0.3 is 0 Å². The van der Waals surface area contributed by atoms with Crippen molar-refractivity contribution in [3.05, 3.63) is 35.9 Å². The highest BCUT2D eigenvalue weighted by Gasteiger charge is 2.26. The molecular formula is C16H24N2O. The molecule has 0 saturated carbocycles. The van der Waals surface area contributed by atoms with Gasteiger partial charge in [-0.2, -0.15) is 0 Å². The van der Waals surface area contributed by atoms with Gasteiger partial charge < -0.3 is 10.1 Å². The van der Waals surface area contributed by atoms with Gasteiger partial charge in [-0.3, -0.25) is 4.90 Å². The fraction of sp³-hybridized carbons (Fsp3) is 0.625. The van der Waals surface area contributed by atoms with Crippen molar-refractivity contribution in [3.63, 3.8) is 0 Å². The molecule has 3 nitrogen and oxygen atoms in total. The van der Waals surface area contributed by atoms with E-state index in [1.807, 2.05) is 0 Å². The summed E-state index contributed by atoms with van der Waals surface area (Å²) < 4.78 is 5.47. The maximum Gasteiger partial charge on any atom is 0.0473 e. The molecular weight excluding hydrogens is 236 g/mol. The summed E-state index contributed by atoms with van der Waals surface area (Å²) >= 11 is 0. The Kier molecular flexibility index (Phi) is 4.49. The smallest absolute Gasteiger partial charge is 0.0473 e. The van der Waals surface area contributed by atoms with Crippen LogP contribution in [0.2, 0.25) is 0 Å². The number of ether oxygens (including phenoxy) is 1. The minimum Gasteiger partial charge on any atom is -0.381 e. The molecule has 0 spiro atoms. The molecule has 2 heterocycles. The predicted octanol–water partition coefficient (Wildman–Crippen LogP) is 2.06. The third-order valence-corrected chi connectivity index (χ3v) is 4.37. The molecule has 0 amide bonds. The summed E-state index contributed by atoms with van der Waals surface area (Å²) in [4.78, 5) is 2.67. The number of piperazine rings is 1. The van der Waals surface area contributed by atoms with Crippen molar-refractivity contribution < 1.29 is 4.74 Å². The Bertz CT molecular complexity index is 376. The van der Waals surface area contributed by atoms with E-state index in [-0.39, 0.29) is 0 Å². The van der Waals surface area contributed by atoms with Crippen molar-refractivity contribution in [1.82, 2.24) is 10.2 Å². The van der Waals surface area contributed by atoms with Gasteiger partial charge in [-0.15, -0.1) is 0 Å². The Hall–Kier alpha value is -0.900. The highest BCUT2D eigenvalue weighted by atomic mass is 16.5. The lowest BCUT2D eigenvalue weighted by molar-refractivity contribution is 0.0408. The number of rotatable bonds is 3. The van der Waals surface area contributed by atoms with E-state index in [9.17, 15) is 0 Å². The molecule has 1 aromatic rings. The quantitative estimate of drug-likeness (QED) is 0.900. The van der Waals surface area contributed by atoms with E-state index in [1.165, 1.54) is 24.9 Å². The molecule has 1 N–H and O–H groups in total. The summed E-state index contributed by atoms with van der Waals surface area (Å²) in [7, 11) is 0. The zero-order valence-corrected chi connectivity index (χ0v) is 11.6. The fourth-order valence-corrected chi connectivity index (χ4v) is 3.23. The second kappa shape index (κ2) is 6.51. The standard InChI is InChI=1S/C16H24N2O/c1-2-4-15(5-3-1)16-12-17-8-9-18(16)13-14-6-10-19-11-7-14/h1-5,14,16-17H,6-13H2. The van der Waals surface area contributed by atoms with Gasteiger partial charge in [0.1, 0.15) is 0 Å². The molecule has 1 unspecified atom stereocenters. The van der Waals surface area contributed by atoms with Crippen LogP contribution in [0.25, 0.3) is 0 Å². The molecule has 1 aromatic carbocycles. The van der Waals surface area contributed by atoms with Crippen LogP contribution in [0.3, 0.4) is 0 Å². The summed E-state index contributed by atoms with van der Waals surface area (Å²) in [6.07, 6.45) is 2.46. The van der Waals surface area contributed by atoms with Crippen LogP contribution in [-0.2, 0) is 4.74 Å². The first kappa shape index (κ1) is 13.1. The molecule has 0 bridgehead atoms. The van der Waals surface area contributed by atoms with E-state index < -0.39 is 0 Å². The van der Waals surface area contributed by atoms with Gasteiger partial charge in [-0.1, -0.05) is 30.3 Å². The Balaban J connectivity index is 1.66. The van der Waals surface area contributed by atoms with E-state index in [4.69, 9.17) is 4.74 Å². The van der Waals surface area contributed by atoms with Gasteiger partial charge in [-0.05, 0) is 24.3 Å². The van der Waals surface area contributed by atoms with Crippen molar-refractivity contribution in [1.29, 1.82) is 0 Å². The molecule has 104 valence electrons. The maximum atomic E-state index is 5.47. The molecule has 2 aliphatic heterocycles. The van der Waals surface area contributed by atoms with Crippen molar-refractivity contribution in [2.75, 3.05) is 39.4 Å². The molecule has 1 atom stereocenters. The number of nitrogens with zero attached hydrogens (tertiary/aromatic N) is 1. The monoisotopic (exact) mass is 260 g/mol. The molecule has 3 heteroatoms. The van der Waals surface area contributed by atoms with E-state index in [0.717, 1.165) is 38.8 Å². The van der Waals surface area contributed by atoms with Crippen LogP contribution in [-0.4, -0.2) is 44.3 Å². The van der Waals surface area contributed by atoms with Crippen molar-refractivity contribution in [2.45, 2.75) is 18.9 Å². The molecule has 2 saturated heterocycles. The average Bonchev–Trinajstić information content (AvgIpc) is 2.50. The molecule has 19 heavy (non-hydrogen) atoms. The van der Waals surface area contributed by atoms with E-state index in [0.29, 0.717) is 6.04 Å². The van der Waals surface area contributed by atoms with Gasteiger partial charge in [0.25, 0.3) is 0 Å². The molecule has 0 aromatic heterocycles. The number of hydrogen-bond acceptors (Lipinski definition) is 3. The first-order valence-electron chi connectivity index (χ1n) is 7.51. The Labute approximate surface area is 115 Å². The highest BCUT2D eigenvalue weighted by Crippen LogP contribution is 2.25. The summed E-state index contributed by atoms with van der Waals surface area (Å²) in [6.45, 7) is 6.49. The van der Waals surface area contributed by atoms with E-state index in [1.54, 1.807) is 0 Å². The number of benzene rings is 1. The molecule has 3 rings (SSSR count). The van der Waals surface area contributed by atoms with Crippen molar-refractivity contribution in [3.8, 4) is 0 Å². The molecule has 2 fully saturated rings. The first-order chi connectivity index (χ1) is 9.43. The largest absolute Gasteiger partial charge is 0.381 e. The van der Waals surface area contributed by atoms with Gasteiger partial charge in [-0.25, -0.2) is 0 Å². The van der Waals surface area contributed by atoms with Crippen LogP contribution in [0.15, 0.2) is 30.3 Å². The third-order valence-electron chi connectivity index (χ3n) is 4.37. The van der Waals surface area contributed by atoms with Gasteiger partial charge in [0, 0.05) is 45.4 Å². The number of hydrogen-bond donors (Lipinski definition) is 1. The van der Waals surface area contributed by atoms with Crippen molar-refractivity contribution >= 4 is 0 Å². The van der Waals surface area contributed by atoms with Crippen LogP contribution in [0, 0.1) is 5.92 Å². The van der Waals surface area contributed by atoms with Crippen molar-refractivity contribution in [2.24, 2.45) is 5.92 Å². The topological polar surface area (TPSA) is 24.5 Å². The maximum absolute atomic E-state index is 5.47. The van der Waals surface area contributed by atoms with Gasteiger partial charge in [0.2, 0.25) is 0 Å². The van der Waals surface area contributed by atoms with Crippen LogP contribution >= 0.6 is 0 Å². The lowest BCUT2D eigenvalue weighted by Crippen LogP contribution is -2.48. The van der Waals surface area contributed by atoms with Crippen LogP contribution in [0.1, 0.15) is 24.4 Å². The Morgan fingerprint density at radius 1 is 1.16 bits per heavy atom. The Morgan fingerprint density at radius 3 is 2.74 bits per heavy atom. The second-order valence-electron chi connectivity index (χ2n) is 5.68. The van der Waals surface area contributed by atoms with E-state index >= 15 is 0 Å². The third kappa shape index (κ3) is 3.35. The van der Waals surface area contributed by atoms with Crippen LogP contribution < -0.4 is 5.32 Å². The lowest BCUT2D eigenvalue weighted by Gasteiger charge is -2.39. The predicted molar refractivity (Wildman–Crippen MR) is 77.2 cm³/mol. The van der Waals surface area contributed by atoms with E-state index in [2.05, 4.69) is 40.5 Å². The fourth-order valence-electron chi connectivity index (χ4n) is 3.23. The molecule has 0 aliphatic carbocycles. The summed E-state index contributed by atoms with van der Waals surface area (Å²) in [5, 5.41) is 3.53. The highest BCUT2D eigenvalue weighted by molar-refractivity contribution is 5.20. The zero-order chi connectivity index (χ0) is 12.9. The summed E-state index contributed by atoms with van der Waals surface area (Å²) in [5.41, 5.74) is 1.45. The van der Waals surface area contributed by atoms with Crippen LogP contribution in [0.4, 0.5) is 0 Å². The normalized spacial score (nSPS) is 26.4. The minimum absolute atomic E-state index is 0.540. The summed E-state index contributed by atoms with van der Waals surface area (Å²) in [6, 6.07) is 11.5. The Morgan fingerprint density at radius 2 is 1.95 bits per heavy atom. The van der Waals surface area contributed by atoms with Crippen LogP contribution in [0.5, 0.6) is 0 Å². The SMILES string of the molecule is c1ccc(C2CNCCN2CC2CCOCC2)cc1.